The zero-order chi connectivity index (χ0) is 12.3. The van der Waals surface area contributed by atoms with Gasteiger partial charge in [0.05, 0.1) is 11.8 Å². The van der Waals surface area contributed by atoms with Crippen LogP contribution in [0.1, 0.15) is 11.1 Å². The Kier molecular flexibility index (Phi) is 3.45. The van der Waals surface area contributed by atoms with Crippen LogP contribution in [-0.4, -0.2) is 9.78 Å². The summed E-state index contributed by atoms with van der Waals surface area (Å²) >= 11 is 1.49. The van der Waals surface area contributed by atoms with Crippen LogP contribution in [0.15, 0.2) is 35.5 Å². The molecule has 0 fully saturated rings. The Balaban J connectivity index is 2.12. The first-order valence-corrected chi connectivity index (χ1v) is 5.98. The number of thioether (sulfide) groups is 1. The molecule has 1 aromatic carbocycles. The molecular weight excluding hydrogens is 237 g/mol. The molecule has 0 bridgehead atoms. The number of halogens is 1. The fraction of sp³-hybridized carbons (Fsp3) is 0.167. The van der Waals surface area contributed by atoms with Crippen LogP contribution >= 0.6 is 11.8 Å². The van der Waals surface area contributed by atoms with Gasteiger partial charge in [-0.15, -0.1) is 11.8 Å². The lowest BCUT2D eigenvalue weighted by Crippen LogP contribution is -1.91. The van der Waals surface area contributed by atoms with Gasteiger partial charge in [-0.2, -0.15) is 10.4 Å². The lowest BCUT2D eigenvalue weighted by molar-refractivity contribution is 0.613. The van der Waals surface area contributed by atoms with Crippen molar-refractivity contribution in [1.29, 1.82) is 5.26 Å². The molecule has 86 valence electrons. The van der Waals surface area contributed by atoms with Crippen molar-refractivity contribution in [3.05, 3.63) is 47.5 Å². The predicted molar refractivity (Wildman–Crippen MR) is 63.9 cm³/mol. The smallest absolute Gasteiger partial charge is 0.144 e. The molecule has 2 rings (SSSR count). The summed E-state index contributed by atoms with van der Waals surface area (Å²) in [6.07, 6.45) is 3.60. The monoisotopic (exact) mass is 247 g/mol. The normalized spacial score (nSPS) is 10.2. The van der Waals surface area contributed by atoms with E-state index in [1.165, 1.54) is 17.8 Å². The Morgan fingerprint density at radius 1 is 1.53 bits per heavy atom. The van der Waals surface area contributed by atoms with E-state index < -0.39 is 5.82 Å². The first-order valence-electron chi connectivity index (χ1n) is 4.99. The minimum atomic E-state index is -0.425. The van der Waals surface area contributed by atoms with Gasteiger partial charge in [0.1, 0.15) is 11.9 Å². The highest BCUT2D eigenvalue weighted by molar-refractivity contribution is 7.98. The molecular formula is C12H10FN3S. The standard InChI is InChI=1S/C12H10FN3S/c1-16-7-11(6-15-16)17-8-10-4-2-3-9(5-14)12(10)13/h2-4,6-7H,8H2,1H3. The summed E-state index contributed by atoms with van der Waals surface area (Å²) in [6, 6.07) is 6.71. The van der Waals surface area contributed by atoms with Crippen LogP contribution in [0.5, 0.6) is 0 Å². The Bertz CT molecular complexity index is 571. The maximum atomic E-state index is 13.7. The summed E-state index contributed by atoms with van der Waals surface area (Å²) in [6.45, 7) is 0. The number of hydrogen-bond acceptors (Lipinski definition) is 3. The van der Waals surface area contributed by atoms with Crippen LogP contribution < -0.4 is 0 Å². The second-order valence-corrected chi connectivity index (χ2v) is 4.58. The zero-order valence-corrected chi connectivity index (χ0v) is 10.0. The van der Waals surface area contributed by atoms with Gasteiger partial charge in [0.15, 0.2) is 0 Å². The third-order valence-electron chi connectivity index (χ3n) is 2.27. The lowest BCUT2D eigenvalue weighted by Gasteiger charge is -2.02. The van der Waals surface area contributed by atoms with Crippen LogP contribution in [0.2, 0.25) is 0 Å². The van der Waals surface area contributed by atoms with Crippen molar-refractivity contribution >= 4 is 11.8 Å². The van der Waals surface area contributed by atoms with Crippen molar-refractivity contribution in [3.63, 3.8) is 0 Å². The number of nitriles is 1. The van der Waals surface area contributed by atoms with E-state index >= 15 is 0 Å². The molecule has 3 nitrogen and oxygen atoms in total. The number of aryl methyl sites for hydroxylation is 1. The zero-order valence-electron chi connectivity index (χ0n) is 9.22. The van der Waals surface area contributed by atoms with Crippen molar-refractivity contribution in [2.24, 2.45) is 7.05 Å². The Hall–Kier alpha value is -1.80. The van der Waals surface area contributed by atoms with E-state index in [9.17, 15) is 4.39 Å². The quantitative estimate of drug-likeness (QED) is 0.783. The summed E-state index contributed by atoms with van der Waals surface area (Å²) in [5, 5.41) is 12.8. The third-order valence-corrected chi connectivity index (χ3v) is 3.27. The summed E-state index contributed by atoms with van der Waals surface area (Å²) in [7, 11) is 1.83. The number of rotatable bonds is 3. The minimum absolute atomic E-state index is 0.0919. The van der Waals surface area contributed by atoms with Gasteiger partial charge < -0.3 is 0 Å². The molecule has 1 aromatic heterocycles. The lowest BCUT2D eigenvalue weighted by atomic mass is 10.1. The van der Waals surface area contributed by atoms with Crippen molar-refractivity contribution in [2.45, 2.75) is 10.6 Å². The molecule has 0 N–H and O–H groups in total. The summed E-state index contributed by atoms with van der Waals surface area (Å²) in [5.74, 6) is 0.0685. The van der Waals surface area contributed by atoms with Gasteiger partial charge in [0.2, 0.25) is 0 Å². The third kappa shape index (κ3) is 2.66. The Morgan fingerprint density at radius 3 is 3.00 bits per heavy atom. The van der Waals surface area contributed by atoms with E-state index in [1.54, 1.807) is 23.0 Å². The molecule has 0 spiro atoms. The van der Waals surface area contributed by atoms with Crippen LogP contribution in [-0.2, 0) is 12.8 Å². The molecule has 0 atom stereocenters. The Morgan fingerprint density at radius 2 is 2.35 bits per heavy atom. The van der Waals surface area contributed by atoms with Crippen molar-refractivity contribution in [2.75, 3.05) is 0 Å². The van der Waals surface area contributed by atoms with Gasteiger partial charge >= 0.3 is 0 Å². The van der Waals surface area contributed by atoms with E-state index in [-0.39, 0.29) is 5.56 Å². The van der Waals surface area contributed by atoms with E-state index in [1.807, 2.05) is 19.3 Å². The summed E-state index contributed by atoms with van der Waals surface area (Å²) < 4.78 is 15.4. The van der Waals surface area contributed by atoms with Crippen LogP contribution in [0.3, 0.4) is 0 Å². The van der Waals surface area contributed by atoms with Gasteiger partial charge in [-0.05, 0) is 11.6 Å². The molecule has 0 amide bonds. The minimum Gasteiger partial charge on any atom is -0.275 e. The van der Waals surface area contributed by atoms with E-state index in [0.717, 1.165) is 4.90 Å². The van der Waals surface area contributed by atoms with Crippen LogP contribution in [0.25, 0.3) is 0 Å². The van der Waals surface area contributed by atoms with Crippen LogP contribution in [0.4, 0.5) is 4.39 Å². The molecule has 2 aromatic rings. The maximum absolute atomic E-state index is 13.7. The van der Waals surface area contributed by atoms with Crippen molar-refractivity contribution in [3.8, 4) is 6.07 Å². The van der Waals surface area contributed by atoms with E-state index in [0.29, 0.717) is 11.3 Å². The summed E-state index contributed by atoms with van der Waals surface area (Å²) in [5.41, 5.74) is 0.632. The SMILES string of the molecule is Cn1cc(SCc2cccc(C#N)c2F)cn1. The van der Waals surface area contributed by atoms with Gasteiger partial charge in [0.25, 0.3) is 0 Å². The van der Waals surface area contributed by atoms with E-state index in [2.05, 4.69) is 5.10 Å². The Labute approximate surface area is 103 Å². The molecule has 1 heterocycles. The van der Waals surface area contributed by atoms with Gasteiger partial charge in [-0.3, -0.25) is 4.68 Å². The number of nitrogens with zero attached hydrogens (tertiary/aromatic N) is 3. The highest BCUT2D eigenvalue weighted by Gasteiger charge is 2.08. The molecule has 0 aliphatic rings. The van der Waals surface area contributed by atoms with Gasteiger partial charge in [-0.25, -0.2) is 4.39 Å². The molecule has 0 unspecified atom stereocenters. The highest BCUT2D eigenvalue weighted by atomic mass is 32.2. The topological polar surface area (TPSA) is 41.6 Å². The van der Waals surface area contributed by atoms with E-state index in [4.69, 9.17) is 5.26 Å². The molecule has 0 saturated carbocycles. The average Bonchev–Trinajstić information content (AvgIpc) is 2.74. The number of benzene rings is 1. The first kappa shape index (κ1) is 11.7. The number of hydrogen-bond donors (Lipinski definition) is 0. The fourth-order valence-electron chi connectivity index (χ4n) is 1.41. The first-order chi connectivity index (χ1) is 8.20. The molecule has 0 radical (unpaired) electrons. The maximum Gasteiger partial charge on any atom is 0.144 e. The second kappa shape index (κ2) is 5.02. The molecule has 5 heteroatoms. The average molecular weight is 247 g/mol. The van der Waals surface area contributed by atoms with Crippen LogP contribution in [0, 0.1) is 17.1 Å². The predicted octanol–water partition coefficient (Wildman–Crippen LogP) is 2.72. The largest absolute Gasteiger partial charge is 0.275 e. The van der Waals surface area contributed by atoms with Crippen molar-refractivity contribution in [1.82, 2.24) is 9.78 Å². The number of aromatic nitrogens is 2. The molecule has 0 aliphatic carbocycles. The molecule has 0 aliphatic heterocycles. The molecule has 17 heavy (non-hydrogen) atoms. The fourth-order valence-corrected chi connectivity index (χ4v) is 2.31. The van der Waals surface area contributed by atoms with Gasteiger partial charge in [-0.1, -0.05) is 12.1 Å². The van der Waals surface area contributed by atoms with Gasteiger partial charge in [0, 0.05) is 23.9 Å². The highest BCUT2D eigenvalue weighted by Crippen LogP contribution is 2.24. The molecule has 0 saturated heterocycles. The second-order valence-electron chi connectivity index (χ2n) is 3.53. The summed E-state index contributed by atoms with van der Waals surface area (Å²) in [4.78, 5) is 0.981. The van der Waals surface area contributed by atoms with Crippen molar-refractivity contribution < 1.29 is 4.39 Å².